The molecule has 1 fully saturated rings. The Balaban J connectivity index is 1.83. The molecule has 0 N–H and O–H groups in total. The Labute approximate surface area is 210 Å². The van der Waals surface area contributed by atoms with Gasteiger partial charge in [0.15, 0.2) is 12.2 Å². The molecule has 1 aliphatic heterocycles. The summed E-state index contributed by atoms with van der Waals surface area (Å²) in [5.74, 6) is -0.169. The van der Waals surface area contributed by atoms with Gasteiger partial charge in [0.2, 0.25) is 12.4 Å². The van der Waals surface area contributed by atoms with E-state index in [9.17, 15) is 14.4 Å². The van der Waals surface area contributed by atoms with E-state index in [-0.39, 0.29) is 0 Å². The van der Waals surface area contributed by atoms with E-state index in [2.05, 4.69) is 22.6 Å². The summed E-state index contributed by atoms with van der Waals surface area (Å²) in [6.07, 6.45) is -5.08. The van der Waals surface area contributed by atoms with E-state index in [0.29, 0.717) is 21.7 Å². The molecule has 0 aromatic heterocycles. The molecule has 0 saturated carbocycles. The molecular formula is C24H25IO9. The highest BCUT2D eigenvalue weighted by Gasteiger charge is 2.52. The van der Waals surface area contributed by atoms with E-state index in [1.165, 1.54) is 20.8 Å². The second-order valence-corrected chi connectivity index (χ2v) is 8.30. The Morgan fingerprint density at radius 3 is 1.79 bits per heavy atom. The summed E-state index contributed by atoms with van der Waals surface area (Å²) in [7, 11) is 0. The lowest BCUT2D eigenvalue weighted by atomic mass is 9.99. The zero-order chi connectivity index (χ0) is 24.7. The van der Waals surface area contributed by atoms with E-state index in [0.717, 1.165) is 0 Å². The summed E-state index contributed by atoms with van der Waals surface area (Å²) < 4.78 is 34.4. The van der Waals surface area contributed by atoms with Crippen molar-refractivity contribution in [2.24, 2.45) is 0 Å². The largest absolute Gasteiger partial charge is 0.461 e. The van der Waals surface area contributed by atoms with Gasteiger partial charge in [-0.05, 0) is 36.4 Å². The number of carbonyl (C=O) groups is 3. The van der Waals surface area contributed by atoms with Gasteiger partial charge in [0.05, 0.1) is 0 Å². The van der Waals surface area contributed by atoms with Gasteiger partial charge in [-0.25, -0.2) is 0 Å². The molecular weight excluding hydrogens is 559 g/mol. The predicted octanol–water partition coefficient (Wildman–Crippen LogP) is 3.81. The van der Waals surface area contributed by atoms with Crippen molar-refractivity contribution in [3.05, 3.63) is 54.6 Å². The van der Waals surface area contributed by atoms with Crippen LogP contribution in [0.15, 0.2) is 54.6 Å². The Bertz CT molecular complexity index is 980. The van der Waals surface area contributed by atoms with Gasteiger partial charge in [-0.3, -0.25) is 14.4 Å². The summed E-state index contributed by atoms with van der Waals surface area (Å²) >= 11 is 2.06. The molecule has 0 amide bonds. The van der Waals surface area contributed by atoms with Gasteiger partial charge in [0.25, 0.3) is 0 Å². The number of benzene rings is 2. The van der Waals surface area contributed by atoms with Crippen LogP contribution >= 0.6 is 22.6 Å². The van der Waals surface area contributed by atoms with Crippen molar-refractivity contribution in [2.75, 3.05) is 4.43 Å². The first-order chi connectivity index (χ1) is 16.3. The fraction of sp³-hybridized carbons (Fsp3) is 0.375. The standard InChI is InChI=1S/C24H25IO9/c1-14(26)29-21-20(13-25)34-24(23(31-16(3)28)22(21)30-15(2)27)33-19-11-9-18(10-12-19)32-17-7-5-4-6-8-17/h4-12,20-24H,13H2,1-3H3/t20-,21+,22+,23-,24+/m1/s1. The van der Waals surface area contributed by atoms with Crippen LogP contribution in [0, 0.1) is 0 Å². The second kappa shape index (κ2) is 12.0. The van der Waals surface area contributed by atoms with Crippen molar-refractivity contribution < 1.29 is 42.8 Å². The van der Waals surface area contributed by atoms with E-state index in [1.54, 1.807) is 24.3 Å². The topological polar surface area (TPSA) is 107 Å². The van der Waals surface area contributed by atoms with Crippen LogP contribution in [0.1, 0.15) is 20.8 Å². The summed E-state index contributed by atoms with van der Waals surface area (Å²) in [5.41, 5.74) is 0. The molecule has 34 heavy (non-hydrogen) atoms. The lowest BCUT2D eigenvalue weighted by Gasteiger charge is -2.43. The van der Waals surface area contributed by atoms with Crippen LogP contribution in [0.4, 0.5) is 0 Å². The highest BCUT2D eigenvalue weighted by Crippen LogP contribution is 2.32. The molecule has 0 aliphatic carbocycles. The predicted molar refractivity (Wildman–Crippen MR) is 128 cm³/mol. The number of hydrogen-bond acceptors (Lipinski definition) is 9. The fourth-order valence-electron chi connectivity index (χ4n) is 3.42. The molecule has 182 valence electrons. The maximum Gasteiger partial charge on any atom is 0.303 e. The highest BCUT2D eigenvalue weighted by molar-refractivity contribution is 14.1. The number of carbonyl (C=O) groups excluding carboxylic acids is 3. The molecule has 1 saturated heterocycles. The van der Waals surface area contributed by atoms with Crippen LogP contribution in [0.5, 0.6) is 17.2 Å². The van der Waals surface area contributed by atoms with Crippen LogP contribution in [0.2, 0.25) is 0 Å². The van der Waals surface area contributed by atoms with Gasteiger partial charge in [-0.2, -0.15) is 0 Å². The molecule has 2 aromatic carbocycles. The summed E-state index contributed by atoms with van der Waals surface area (Å²) in [6, 6.07) is 16.1. The molecule has 0 bridgehead atoms. The van der Waals surface area contributed by atoms with E-state index in [1.807, 2.05) is 30.3 Å². The van der Waals surface area contributed by atoms with Crippen LogP contribution in [-0.2, 0) is 33.3 Å². The van der Waals surface area contributed by atoms with Gasteiger partial charge in [-0.15, -0.1) is 0 Å². The Morgan fingerprint density at radius 2 is 1.24 bits per heavy atom. The first kappa shape index (κ1) is 25.8. The average molecular weight is 584 g/mol. The van der Waals surface area contributed by atoms with Crippen molar-refractivity contribution >= 4 is 40.5 Å². The molecule has 3 rings (SSSR count). The minimum absolute atomic E-state index is 0.393. The minimum Gasteiger partial charge on any atom is -0.461 e. The Hall–Kier alpha value is -2.86. The maximum atomic E-state index is 11.8. The normalized spacial score (nSPS) is 23.9. The number of halogens is 1. The van der Waals surface area contributed by atoms with Crippen LogP contribution < -0.4 is 9.47 Å². The SMILES string of the molecule is CC(=O)O[C@H]1[C@@H](OC(C)=O)[C@@H](CI)O[C@H](Oc2ccc(Oc3ccccc3)cc2)[C@@H]1OC(C)=O. The van der Waals surface area contributed by atoms with Crippen LogP contribution in [0.25, 0.3) is 0 Å². The monoisotopic (exact) mass is 584 g/mol. The Kier molecular flexibility index (Phi) is 9.11. The molecule has 9 nitrogen and oxygen atoms in total. The minimum atomic E-state index is -1.18. The van der Waals surface area contributed by atoms with Gasteiger partial charge < -0.3 is 28.4 Å². The first-order valence-electron chi connectivity index (χ1n) is 10.5. The molecule has 5 atom stereocenters. The van der Waals surface area contributed by atoms with Crippen LogP contribution in [0.3, 0.4) is 0 Å². The van der Waals surface area contributed by atoms with Crippen LogP contribution in [-0.4, -0.2) is 53.0 Å². The van der Waals surface area contributed by atoms with Crippen molar-refractivity contribution in [1.82, 2.24) is 0 Å². The molecule has 1 aliphatic rings. The molecule has 1 heterocycles. The third-order valence-electron chi connectivity index (χ3n) is 4.70. The van der Waals surface area contributed by atoms with E-state index in [4.69, 9.17) is 28.4 Å². The Morgan fingerprint density at radius 1 is 0.735 bits per heavy atom. The van der Waals surface area contributed by atoms with Crippen molar-refractivity contribution in [3.63, 3.8) is 0 Å². The average Bonchev–Trinajstić information content (AvgIpc) is 2.78. The smallest absolute Gasteiger partial charge is 0.303 e. The number of ether oxygens (including phenoxy) is 6. The molecule has 0 spiro atoms. The first-order valence-corrected chi connectivity index (χ1v) is 12.0. The van der Waals surface area contributed by atoms with Gasteiger partial charge >= 0.3 is 17.9 Å². The number of esters is 3. The lowest BCUT2D eigenvalue weighted by molar-refractivity contribution is -0.279. The van der Waals surface area contributed by atoms with Gasteiger partial charge in [0, 0.05) is 25.2 Å². The van der Waals surface area contributed by atoms with E-state index < -0.39 is 48.6 Å². The maximum absolute atomic E-state index is 11.8. The third kappa shape index (κ3) is 7.07. The lowest BCUT2D eigenvalue weighted by Crippen LogP contribution is -2.63. The number of alkyl halides is 1. The van der Waals surface area contributed by atoms with Crippen molar-refractivity contribution in [2.45, 2.75) is 51.5 Å². The van der Waals surface area contributed by atoms with Crippen molar-refractivity contribution in [1.29, 1.82) is 0 Å². The summed E-state index contributed by atoms with van der Waals surface area (Å²) in [5, 5.41) is 0. The van der Waals surface area contributed by atoms with Gasteiger partial charge in [-0.1, -0.05) is 40.8 Å². The molecule has 2 aromatic rings. The highest BCUT2D eigenvalue weighted by atomic mass is 127. The van der Waals surface area contributed by atoms with Crippen molar-refractivity contribution in [3.8, 4) is 17.2 Å². The van der Waals surface area contributed by atoms with Gasteiger partial charge in [0.1, 0.15) is 23.4 Å². The molecule has 10 heteroatoms. The number of hydrogen-bond donors (Lipinski definition) is 0. The quantitative estimate of drug-likeness (QED) is 0.198. The summed E-state index contributed by atoms with van der Waals surface area (Å²) in [6.45, 7) is 3.66. The molecule has 0 unspecified atom stereocenters. The fourth-order valence-corrected chi connectivity index (χ4v) is 4.13. The van der Waals surface area contributed by atoms with E-state index >= 15 is 0 Å². The number of para-hydroxylation sites is 1. The molecule has 0 radical (unpaired) electrons. The zero-order valence-corrected chi connectivity index (χ0v) is 21.0. The summed E-state index contributed by atoms with van der Waals surface area (Å²) in [4.78, 5) is 35.4. The third-order valence-corrected chi connectivity index (χ3v) is 5.57. The number of rotatable bonds is 8. The zero-order valence-electron chi connectivity index (χ0n) is 18.8. The second-order valence-electron chi connectivity index (χ2n) is 7.42.